The standard InChI is InChI=1S/C19H21NO2S/c1-12-17(8-7-13-4-3-9-20-18(12)13)19(21)14-10-15-5-2-6-16(11-14)23(15)22/h3-4,7-9,14-16H,2,5-6,10-11H2,1H3. The van der Waals surface area contributed by atoms with Crippen molar-refractivity contribution in [3.05, 3.63) is 41.6 Å². The van der Waals surface area contributed by atoms with Crippen LogP contribution in [0.2, 0.25) is 0 Å². The van der Waals surface area contributed by atoms with E-state index in [1.807, 2.05) is 31.2 Å². The molecule has 1 aromatic carbocycles. The fourth-order valence-corrected chi connectivity index (χ4v) is 6.41. The Labute approximate surface area is 139 Å². The molecule has 3 nitrogen and oxygen atoms in total. The van der Waals surface area contributed by atoms with Crippen molar-refractivity contribution in [3.63, 3.8) is 0 Å². The Morgan fingerprint density at radius 1 is 1.17 bits per heavy atom. The van der Waals surface area contributed by atoms with Crippen LogP contribution < -0.4 is 0 Å². The molecule has 0 N–H and O–H groups in total. The lowest BCUT2D eigenvalue weighted by atomic mass is 9.83. The molecule has 2 fully saturated rings. The van der Waals surface area contributed by atoms with Gasteiger partial charge in [0.15, 0.2) is 5.78 Å². The smallest absolute Gasteiger partial charge is 0.166 e. The Hall–Kier alpha value is -1.55. The predicted octanol–water partition coefficient (Wildman–Crippen LogP) is 3.81. The number of carbonyl (C=O) groups is 1. The van der Waals surface area contributed by atoms with Gasteiger partial charge >= 0.3 is 0 Å². The molecule has 2 saturated heterocycles. The van der Waals surface area contributed by atoms with E-state index >= 15 is 0 Å². The van der Waals surface area contributed by atoms with E-state index in [-0.39, 0.29) is 22.2 Å². The van der Waals surface area contributed by atoms with E-state index in [0.717, 1.165) is 47.7 Å². The molecule has 2 aromatic rings. The minimum absolute atomic E-state index is 0.0304. The first-order valence-corrected chi connectivity index (χ1v) is 9.70. The lowest BCUT2D eigenvalue weighted by Gasteiger charge is -2.37. The van der Waals surface area contributed by atoms with E-state index in [1.54, 1.807) is 6.20 Å². The molecule has 4 heteroatoms. The number of Topliss-reactive ketones (excluding diaryl/α,β-unsaturated/α-hetero) is 1. The summed E-state index contributed by atoms with van der Waals surface area (Å²) in [6.45, 7) is 1.99. The summed E-state index contributed by atoms with van der Waals surface area (Å²) in [6.07, 6.45) is 6.57. The zero-order valence-corrected chi connectivity index (χ0v) is 14.1. The molecule has 0 aliphatic carbocycles. The quantitative estimate of drug-likeness (QED) is 0.788. The fourth-order valence-electron chi connectivity index (χ4n) is 4.23. The van der Waals surface area contributed by atoms with E-state index in [2.05, 4.69) is 4.98 Å². The first-order valence-electron chi connectivity index (χ1n) is 8.43. The number of ketones is 1. The van der Waals surface area contributed by atoms with Crippen molar-refractivity contribution in [2.45, 2.75) is 49.5 Å². The molecule has 2 aliphatic heterocycles. The van der Waals surface area contributed by atoms with E-state index in [0.29, 0.717) is 0 Å². The highest BCUT2D eigenvalue weighted by Crippen LogP contribution is 2.38. The number of aromatic nitrogens is 1. The van der Waals surface area contributed by atoms with Gasteiger partial charge in [-0.15, -0.1) is 0 Å². The third kappa shape index (κ3) is 2.53. The Morgan fingerprint density at radius 2 is 1.91 bits per heavy atom. The lowest BCUT2D eigenvalue weighted by molar-refractivity contribution is 0.0895. The van der Waals surface area contributed by atoms with Gasteiger partial charge in [0.05, 0.1) is 5.52 Å². The average molecular weight is 327 g/mol. The number of carbonyl (C=O) groups excluding carboxylic acids is 1. The molecule has 2 aliphatic rings. The van der Waals surface area contributed by atoms with Crippen molar-refractivity contribution in [1.82, 2.24) is 4.98 Å². The van der Waals surface area contributed by atoms with Crippen LogP contribution in [-0.4, -0.2) is 25.5 Å². The fraction of sp³-hybridized carbons (Fsp3) is 0.474. The molecule has 2 bridgehead atoms. The molecular formula is C19H21NO2S. The second-order valence-electron chi connectivity index (χ2n) is 6.85. The number of fused-ring (bicyclic) bond motifs is 3. The van der Waals surface area contributed by atoms with Crippen LogP contribution in [0, 0.1) is 12.8 Å². The summed E-state index contributed by atoms with van der Waals surface area (Å²) >= 11 is 0. The first-order chi connectivity index (χ1) is 11.1. The monoisotopic (exact) mass is 327 g/mol. The maximum atomic E-state index is 13.1. The summed E-state index contributed by atoms with van der Waals surface area (Å²) in [5.41, 5.74) is 2.69. The van der Waals surface area contributed by atoms with Crippen LogP contribution >= 0.6 is 0 Å². The molecule has 120 valence electrons. The third-order valence-electron chi connectivity index (χ3n) is 5.47. The average Bonchev–Trinajstić information content (AvgIpc) is 2.55. The van der Waals surface area contributed by atoms with Crippen LogP contribution in [0.25, 0.3) is 10.9 Å². The normalized spacial score (nSPS) is 30.3. The zero-order chi connectivity index (χ0) is 16.0. The largest absolute Gasteiger partial charge is 0.294 e. The molecule has 1 aromatic heterocycles. The topological polar surface area (TPSA) is 47.0 Å². The van der Waals surface area contributed by atoms with E-state index in [9.17, 15) is 9.00 Å². The van der Waals surface area contributed by atoms with Crippen LogP contribution in [0.5, 0.6) is 0 Å². The first kappa shape index (κ1) is 15.0. The molecular weight excluding hydrogens is 306 g/mol. The molecule has 2 atom stereocenters. The minimum Gasteiger partial charge on any atom is -0.294 e. The Balaban J connectivity index is 1.67. The number of aryl methyl sites for hydroxylation is 1. The highest BCUT2D eigenvalue weighted by molar-refractivity contribution is 7.86. The van der Waals surface area contributed by atoms with Gasteiger partial charge in [-0.05, 0) is 44.2 Å². The van der Waals surface area contributed by atoms with Gasteiger partial charge < -0.3 is 0 Å². The van der Waals surface area contributed by atoms with Gasteiger partial charge in [0.2, 0.25) is 0 Å². The molecule has 0 amide bonds. The summed E-state index contributed by atoms with van der Waals surface area (Å²) in [7, 11) is -0.722. The van der Waals surface area contributed by atoms with Gasteiger partial charge in [-0.2, -0.15) is 0 Å². The van der Waals surface area contributed by atoms with Crippen LogP contribution in [0.4, 0.5) is 0 Å². The Bertz CT molecular complexity index is 785. The highest BCUT2D eigenvalue weighted by Gasteiger charge is 2.40. The highest BCUT2D eigenvalue weighted by atomic mass is 32.2. The minimum atomic E-state index is -0.722. The maximum absolute atomic E-state index is 13.1. The van der Waals surface area contributed by atoms with E-state index < -0.39 is 10.8 Å². The number of pyridine rings is 1. The van der Waals surface area contributed by atoms with Gasteiger partial charge in [0.1, 0.15) is 0 Å². The van der Waals surface area contributed by atoms with Crippen molar-refractivity contribution in [1.29, 1.82) is 0 Å². The molecule has 2 unspecified atom stereocenters. The SMILES string of the molecule is Cc1c(C(=O)C2CC3CCCC(C2)S3=O)ccc2cccnc12. The summed E-state index contributed by atoms with van der Waals surface area (Å²) in [5.74, 6) is 0.256. The van der Waals surface area contributed by atoms with Crippen molar-refractivity contribution >= 4 is 27.5 Å². The number of hydrogen-bond acceptors (Lipinski definition) is 3. The van der Waals surface area contributed by atoms with Crippen LogP contribution in [0.15, 0.2) is 30.5 Å². The van der Waals surface area contributed by atoms with Crippen molar-refractivity contribution in [2.24, 2.45) is 5.92 Å². The van der Waals surface area contributed by atoms with Gasteiger partial charge in [0, 0.05) is 44.4 Å². The number of hydrogen-bond donors (Lipinski definition) is 0. The Kier molecular flexibility index (Phi) is 3.80. The van der Waals surface area contributed by atoms with Gasteiger partial charge in [-0.1, -0.05) is 24.6 Å². The number of rotatable bonds is 2. The van der Waals surface area contributed by atoms with Gasteiger partial charge in [-0.25, -0.2) is 0 Å². The number of nitrogens with zero attached hydrogens (tertiary/aromatic N) is 1. The molecule has 23 heavy (non-hydrogen) atoms. The Morgan fingerprint density at radius 3 is 2.65 bits per heavy atom. The maximum Gasteiger partial charge on any atom is 0.166 e. The number of benzene rings is 1. The second kappa shape index (κ2) is 5.82. The van der Waals surface area contributed by atoms with Crippen LogP contribution in [-0.2, 0) is 10.8 Å². The molecule has 4 rings (SSSR count). The van der Waals surface area contributed by atoms with E-state index in [1.165, 1.54) is 6.42 Å². The summed E-state index contributed by atoms with van der Waals surface area (Å²) < 4.78 is 12.3. The molecule has 0 radical (unpaired) electrons. The summed E-state index contributed by atoms with van der Waals surface area (Å²) in [4.78, 5) is 17.5. The second-order valence-corrected chi connectivity index (χ2v) is 8.84. The van der Waals surface area contributed by atoms with Crippen molar-refractivity contribution < 1.29 is 9.00 Å². The van der Waals surface area contributed by atoms with E-state index in [4.69, 9.17) is 0 Å². The lowest BCUT2D eigenvalue weighted by Crippen LogP contribution is -2.41. The summed E-state index contributed by atoms with van der Waals surface area (Å²) in [6, 6.07) is 7.88. The van der Waals surface area contributed by atoms with Crippen LogP contribution in [0.1, 0.15) is 48.0 Å². The van der Waals surface area contributed by atoms with Gasteiger partial charge in [0.25, 0.3) is 0 Å². The molecule has 3 heterocycles. The third-order valence-corrected chi connectivity index (χ3v) is 7.64. The predicted molar refractivity (Wildman–Crippen MR) is 93.1 cm³/mol. The summed E-state index contributed by atoms with van der Waals surface area (Å²) in [5, 5.41) is 1.54. The van der Waals surface area contributed by atoms with Crippen molar-refractivity contribution in [3.8, 4) is 0 Å². The molecule has 0 spiro atoms. The van der Waals surface area contributed by atoms with Gasteiger partial charge in [-0.3, -0.25) is 14.0 Å². The zero-order valence-electron chi connectivity index (χ0n) is 13.3. The van der Waals surface area contributed by atoms with Crippen LogP contribution in [0.3, 0.4) is 0 Å². The molecule has 0 saturated carbocycles. The van der Waals surface area contributed by atoms with Crippen molar-refractivity contribution in [2.75, 3.05) is 0 Å².